The number of anilines is 1. The first-order valence-corrected chi connectivity index (χ1v) is 9.63. The SMILES string of the molecule is CNc1cccc(C)c1COc1ccc(Oc2ccccc2C)cc1C.NNC=O. The topological polar surface area (TPSA) is 85.6 Å². The molecule has 0 radical (unpaired) electrons. The number of ether oxygens (including phenoxy) is 2. The van der Waals surface area contributed by atoms with Gasteiger partial charge in [0, 0.05) is 18.3 Å². The molecule has 0 unspecified atom stereocenters. The van der Waals surface area contributed by atoms with E-state index < -0.39 is 0 Å². The van der Waals surface area contributed by atoms with Crippen LogP contribution < -0.4 is 26.1 Å². The molecule has 3 rings (SSSR count). The Bertz CT molecular complexity index is 974. The third-order valence-corrected chi connectivity index (χ3v) is 4.59. The molecule has 0 aromatic heterocycles. The molecule has 0 aliphatic heterocycles. The number of hydrazine groups is 1. The minimum absolute atomic E-state index is 0.403. The van der Waals surface area contributed by atoms with Crippen molar-refractivity contribution >= 4 is 12.1 Å². The summed E-state index contributed by atoms with van der Waals surface area (Å²) in [6.07, 6.45) is 0.403. The quantitative estimate of drug-likeness (QED) is 0.230. The highest BCUT2D eigenvalue weighted by Crippen LogP contribution is 2.30. The molecule has 6 nitrogen and oxygen atoms in total. The number of rotatable bonds is 7. The Morgan fingerprint density at radius 3 is 2.23 bits per heavy atom. The maximum Gasteiger partial charge on any atom is 0.221 e. The summed E-state index contributed by atoms with van der Waals surface area (Å²) in [6, 6.07) is 20.2. The van der Waals surface area contributed by atoms with Gasteiger partial charge in [-0.2, -0.15) is 0 Å². The van der Waals surface area contributed by atoms with E-state index in [9.17, 15) is 0 Å². The number of aryl methyl sites for hydroxylation is 3. The molecule has 1 amide bonds. The molecule has 6 heteroatoms. The van der Waals surface area contributed by atoms with Crippen LogP contribution in [0.2, 0.25) is 0 Å². The van der Waals surface area contributed by atoms with Gasteiger partial charge in [-0.3, -0.25) is 10.2 Å². The zero-order chi connectivity index (χ0) is 21.9. The van der Waals surface area contributed by atoms with Gasteiger partial charge in [-0.15, -0.1) is 0 Å². The van der Waals surface area contributed by atoms with Crippen molar-refractivity contribution in [3.63, 3.8) is 0 Å². The van der Waals surface area contributed by atoms with Crippen LogP contribution in [0.1, 0.15) is 22.3 Å². The van der Waals surface area contributed by atoms with Crippen molar-refractivity contribution in [2.75, 3.05) is 12.4 Å². The van der Waals surface area contributed by atoms with Gasteiger partial charge in [-0.05, 0) is 67.8 Å². The molecule has 0 aliphatic rings. The van der Waals surface area contributed by atoms with Crippen LogP contribution in [0.5, 0.6) is 17.2 Å². The van der Waals surface area contributed by atoms with E-state index in [0.717, 1.165) is 34.1 Å². The zero-order valence-corrected chi connectivity index (χ0v) is 17.9. The van der Waals surface area contributed by atoms with Crippen LogP contribution >= 0.6 is 0 Å². The Kier molecular flexibility index (Phi) is 8.72. The fourth-order valence-corrected chi connectivity index (χ4v) is 2.92. The highest BCUT2D eigenvalue weighted by Gasteiger charge is 2.08. The van der Waals surface area contributed by atoms with Gasteiger partial charge in [-0.25, -0.2) is 5.84 Å². The Morgan fingerprint density at radius 2 is 1.60 bits per heavy atom. The molecule has 0 saturated heterocycles. The number of nitrogens with one attached hydrogen (secondary N) is 2. The molecule has 0 fully saturated rings. The van der Waals surface area contributed by atoms with E-state index in [1.807, 2.05) is 69.4 Å². The van der Waals surface area contributed by atoms with Crippen LogP contribution in [0.15, 0.2) is 60.7 Å². The molecule has 30 heavy (non-hydrogen) atoms. The summed E-state index contributed by atoms with van der Waals surface area (Å²) in [7, 11) is 1.93. The normalized spacial score (nSPS) is 9.77. The number of hydrogen-bond donors (Lipinski definition) is 3. The highest BCUT2D eigenvalue weighted by atomic mass is 16.5. The zero-order valence-electron chi connectivity index (χ0n) is 17.9. The van der Waals surface area contributed by atoms with Gasteiger partial charge >= 0.3 is 0 Å². The van der Waals surface area contributed by atoms with Crippen molar-refractivity contribution in [1.29, 1.82) is 0 Å². The first kappa shape index (κ1) is 22.8. The van der Waals surface area contributed by atoms with Crippen molar-refractivity contribution in [2.45, 2.75) is 27.4 Å². The van der Waals surface area contributed by atoms with E-state index in [1.165, 1.54) is 11.1 Å². The van der Waals surface area contributed by atoms with Crippen molar-refractivity contribution in [3.05, 3.63) is 82.9 Å². The fourth-order valence-electron chi connectivity index (χ4n) is 2.92. The Labute approximate surface area is 178 Å². The fraction of sp³-hybridized carbons (Fsp3) is 0.208. The van der Waals surface area contributed by atoms with E-state index in [4.69, 9.17) is 14.3 Å². The van der Waals surface area contributed by atoms with E-state index in [-0.39, 0.29) is 0 Å². The first-order valence-electron chi connectivity index (χ1n) is 9.63. The van der Waals surface area contributed by atoms with Gasteiger partial charge in [0.05, 0.1) is 0 Å². The third-order valence-electron chi connectivity index (χ3n) is 4.59. The largest absolute Gasteiger partial charge is 0.489 e. The third kappa shape index (κ3) is 6.25. The predicted octanol–water partition coefficient (Wildman–Crippen LogP) is 4.63. The summed E-state index contributed by atoms with van der Waals surface area (Å²) in [5.74, 6) is 6.97. The first-order chi connectivity index (χ1) is 14.5. The Morgan fingerprint density at radius 1 is 0.900 bits per heavy atom. The highest BCUT2D eigenvalue weighted by molar-refractivity contribution is 5.54. The van der Waals surface area contributed by atoms with Gasteiger partial charge < -0.3 is 14.8 Å². The minimum Gasteiger partial charge on any atom is -0.489 e. The number of para-hydroxylation sites is 1. The lowest BCUT2D eigenvalue weighted by Crippen LogP contribution is -2.18. The van der Waals surface area contributed by atoms with E-state index in [2.05, 4.69) is 30.2 Å². The molecule has 0 aliphatic carbocycles. The standard InChI is InChI=1S/C23H25NO2.CH4N2O/c1-16-9-7-10-21(24-4)20(16)15-25-22-13-12-19(14-18(22)3)26-23-11-6-5-8-17(23)2;2-3-1-4/h5-14,24H,15H2,1-4H3;1H,2H2,(H,3,4). The summed E-state index contributed by atoms with van der Waals surface area (Å²) in [5.41, 5.74) is 7.41. The summed E-state index contributed by atoms with van der Waals surface area (Å²) < 4.78 is 12.1. The average molecular weight is 408 g/mol. The van der Waals surface area contributed by atoms with Crippen LogP contribution in [0.25, 0.3) is 0 Å². The molecule has 0 atom stereocenters. The molecular weight excluding hydrogens is 378 g/mol. The number of carbonyl (C=O) groups excluding carboxylic acids is 1. The number of nitrogens with two attached hydrogens (primary N) is 1. The summed E-state index contributed by atoms with van der Waals surface area (Å²) in [5, 5.41) is 3.23. The molecule has 0 heterocycles. The average Bonchev–Trinajstić information content (AvgIpc) is 2.75. The number of amides is 1. The minimum atomic E-state index is 0.403. The van der Waals surface area contributed by atoms with Crippen molar-refractivity contribution in [2.24, 2.45) is 5.84 Å². The molecule has 158 valence electrons. The maximum absolute atomic E-state index is 8.94. The second kappa shape index (κ2) is 11.5. The molecular formula is C24H29N3O3. The molecule has 3 aromatic carbocycles. The van der Waals surface area contributed by atoms with E-state index in [0.29, 0.717) is 13.0 Å². The van der Waals surface area contributed by atoms with Crippen LogP contribution in [0.4, 0.5) is 5.69 Å². The van der Waals surface area contributed by atoms with Crippen LogP contribution in [-0.4, -0.2) is 13.5 Å². The molecule has 0 spiro atoms. The van der Waals surface area contributed by atoms with Gasteiger partial charge in [0.25, 0.3) is 0 Å². The Hall–Kier alpha value is -3.51. The Balaban J connectivity index is 0.000000735. The van der Waals surface area contributed by atoms with Gasteiger partial charge in [-0.1, -0.05) is 30.3 Å². The summed E-state index contributed by atoms with van der Waals surface area (Å²) in [4.78, 5) is 8.94. The van der Waals surface area contributed by atoms with Crippen LogP contribution in [0, 0.1) is 20.8 Å². The maximum atomic E-state index is 8.94. The number of benzene rings is 3. The number of carbonyl (C=O) groups is 1. The van der Waals surface area contributed by atoms with Gasteiger partial charge in [0.1, 0.15) is 23.9 Å². The van der Waals surface area contributed by atoms with E-state index in [1.54, 1.807) is 5.43 Å². The second-order valence-electron chi connectivity index (χ2n) is 6.72. The van der Waals surface area contributed by atoms with Gasteiger partial charge in [0.2, 0.25) is 6.41 Å². The van der Waals surface area contributed by atoms with Crippen molar-refractivity contribution in [1.82, 2.24) is 5.43 Å². The van der Waals surface area contributed by atoms with Crippen molar-refractivity contribution in [3.8, 4) is 17.2 Å². The smallest absolute Gasteiger partial charge is 0.221 e. The van der Waals surface area contributed by atoms with Crippen LogP contribution in [-0.2, 0) is 11.4 Å². The lowest BCUT2D eigenvalue weighted by atomic mass is 10.1. The van der Waals surface area contributed by atoms with Crippen LogP contribution in [0.3, 0.4) is 0 Å². The monoisotopic (exact) mass is 407 g/mol. The summed E-state index contributed by atoms with van der Waals surface area (Å²) >= 11 is 0. The lowest BCUT2D eigenvalue weighted by molar-refractivity contribution is -0.109. The molecule has 4 N–H and O–H groups in total. The van der Waals surface area contributed by atoms with E-state index >= 15 is 0 Å². The summed E-state index contributed by atoms with van der Waals surface area (Å²) in [6.45, 7) is 6.71. The molecule has 0 bridgehead atoms. The molecule has 3 aromatic rings. The second-order valence-corrected chi connectivity index (χ2v) is 6.72. The predicted molar refractivity (Wildman–Crippen MR) is 121 cm³/mol. The van der Waals surface area contributed by atoms with Gasteiger partial charge in [0.15, 0.2) is 0 Å². The lowest BCUT2D eigenvalue weighted by Gasteiger charge is -2.15. The molecule has 0 saturated carbocycles. The number of hydrogen-bond acceptors (Lipinski definition) is 5. The van der Waals surface area contributed by atoms with Crippen molar-refractivity contribution < 1.29 is 14.3 Å².